The van der Waals surface area contributed by atoms with Crippen molar-refractivity contribution < 1.29 is 17.7 Å². The van der Waals surface area contributed by atoms with Crippen LogP contribution in [0.2, 0.25) is 0 Å². The first kappa shape index (κ1) is 16.3. The summed E-state index contributed by atoms with van der Waals surface area (Å²) in [6.07, 6.45) is 2.86. The van der Waals surface area contributed by atoms with Gasteiger partial charge in [0, 0.05) is 25.8 Å². The lowest BCUT2D eigenvalue weighted by Crippen LogP contribution is -2.41. The van der Waals surface area contributed by atoms with Crippen molar-refractivity contribution in [2.45, 2.75) is 38.9 Å². The zero-order valence-electron chi connectivity index (χ0n) is 13.5. The third kappa shape index (κ3) is 2.82. The summed E-state index contributed by atoms with van der Waals surface area (Å²) in [6.45, 7) is 7.79. The Morgan fingerprint density at radius 3 is 2.14 bits per heavy atom. The molecule has 1 aromatic rings. The maximum absolute atomic E-state index is 11.8. The van der Waals surface area contributed by atoms with Crippen LogP contribution < -0.4 is 9.77 Å². The predicted molar refractivity (Wildman–Crippen MR) is 82.2 cm³/mol. The number of anilines is 1. The summed E-state index contributed by atoms with van der Waals surface area (Å²) in [5.74, 6) is 0.318. The van der Waals surface area contributed by atoms with Gasteiger partial charge in [-0.15, -0.1) is 0 Å². The molecule has 9 heteroatoms. The molecular formula is C12H22BN3O4S. The number of rotatable bonds is 3. The highest BCUT2D eigenvalue weighted by atomic mass is 32.2. The Morgan fingerprint density at radius 1 is 1.24 bits per heavy atom. The Balaban J connectivity index is 2.44. The number of hydrogen-bond acceptors (Lipinski definition) is 5. The van der Waals surface area contributed by atoms with E-state index >= 15 is 0 Å². The van der Waals surface area contributed by atoms with Crippen LogP contribution in [0.1, 0.15) is 27.7 Å². The topological polar surface area (TPSA) is 73.7 Å². The van der Waals surface area contributed by atoms with Gasteiger partial charge in [0.05, 0.1) is 17.5 Å². The Kier molecular flexibility index (Phi) is 3.67. The Labute approximate surface area is 126 Å². The van der Waals surface area contributed by atoms with Crippen LogP contribution >= 0.6 is 0 Å². The second-order valence-corrected chi connectivity index (χ2v) is 8.41. The van der Waals surface area contributed by atoms with Crippen molar-refractivity contribution in [3.63, 3.8) is 0 Å². The van der Waals surface area contributed by atoms with Gasteiger partial charge in [-0.2, -0.15) is 5.10 Å². The van der Waals surface area contributed by atoms with E-state index in [1.807, 2.05) is 27.7 Å². The van der Waals surface area contributed by atoms with E-state index in [-0.39, 0.29) is 0 Å². The molecule has 0 amide bonds. The molecule has 2 rings (SSSR count). The minimum Gasteiger partial charge on any atom is -0.399 e. The van der Waals surface area contributed by atoms with Crippen LogP contribution in [0, 0.1) is 0 Å². The molecule has 2 heterocycles. The summed E-state index contributed by atoms with van der Waals surface area (Å²) in [5.41, 5.74) is -0.382. The largest absolute Gasteiger partial charge is 0.500 e. The van der Waals surface area contributed by atoms with E-state index < -0.39 is 28.3 Å². The molecule has 7 nitrogen and oxygen atoms in total. The highest BCUT2D eigenvalue weighted by Gasteiger charge is 2.53. The summed E-state index contributed by atoms with van der Waals surface area (Å²) in [4.78, 5) is 0. The lowest BCUT2D eigenvalue weighted by Gasteiger charge is -2.32. The van der Waals surface area contributed by atoms with Gasteiger partial charge in [-0.3, -0.25) is 8.99 Å². The Bertz CT molecular complexity index is 637. The molecule has 0 unspecified atom stereocenters. The van der Waals surface area contributed by atoms with E-state index in [2.05, 4.69) is 5.10 Å². The number of sulfonamides is 1. The first-order valence-corrected chi connectivity index (χ1v) is 8.53. The molecule has 0 spiro atoms. The van der Waals surface area contributed by atoms with E-state index in [9.17, 15) is 8.42 Å². The molecule has 0 atom stereocenters. The molecule has 1 fully saturated rings. The monoisotopic (exact) mass is 315 g/mol. The molecule has 0 radical (unpaired) electrons. The van der Waals surface area contributed by atoms with Gasteiger partial charge >= 0.3 is 7.12 Å². The van der Waals surface area contributed by atoms with Crippen molar-refractivity contribution in [2.24, 2.45) is 7.05 Å². The first-order valence-electron chi connectivity index (χ1n) is 6.68. The fraction of sp³-hybridized carbons (Fsp3) is 0.750. The number of nitrogens with zero attached hydrogens (tertiary/aromatic N) is 3. The maximum atomic E-state index is 11.8. The van der Waals surface area contributed by atoms with Crippen molar-refractivity contribution in [3.05, 3.63) is 6.20 Å². The van der Waals surface area contributed by atoms with Crippen LogP contribution in [-0.2, 0) is 26.4 Å². The third-order valence-electron chi connectivity index (χ3n) is 4.14. The average Bonchev–Trinajstić information content (AvgIpc) is 2.75. The van der Waals surface area contributed by atoms with Crippen molar-refractivity contribution in [2.75, 3.05) is 17.6 Å². The van der Waals surface area contributed by atoms with Gasteiger partial charge in [-0.05, 0) is 27.7 Å². The standard InChI is InChI=1S/C12H22BN3O4S/c1-11(2)12(3,4)20-13(19-11)9-8-15(5)14-10(9)16(6)21(7,17)18/h8H,1-7H3. The molecule has 0 aliphatic carbocycles. The van der Waals surface area contributed by atoms with Gasteiger partial charge in [0.1, 0.15) is 0 Å². The molecule has 1 aliphatic rings. The summed E-state index contributed by atoms with van der Waals surface area (Å²) in [7, 11) is -0.861. The van der Waals surface area contributed by atoms with Crippen LogP contribution in [0.3, 0.4) is 0 Å². The van der Waals surface area contributed by atoms with Gasteiger partial charge in [-0.25, -0.2) is 8.42 Å². The van der Waals surface area contributed by atoms with Crippen LogP contribution in [0.15, 0.2) is 6.20 Å². The van der Waals surface area contributed by atoms with E-state index in [0.29, 0.717) is 11.3 Å². The molecule has 0 saturated carbocycles. The summed E-state index contributed by atoms with van der Waals surface area (Å²) >= 11 is 0. The second-order valence-electron chi connectivity index (χ2n) is 6.40. The Morgan fingerprint density at radius 2 is 1.71 bits per heavy atom. The normalized spacial score (nSPS) is 20.8. The molecule has 118 valence electrons. The second kappa shape index (κ2) is 4.72. The van der Waals surface area contributed by atoms with Gasteiger partial charge in [0.2, 0.25) is 10.0 Å². The molecular weight excluding hydrogens is 293 g/mol. The van der Waals surface area contributed by atoms with Crippen molar-refractivity contribution in [1.82, 2.24) is 9.78 Å². The fourth-order valence-electron chi connectivity index (χ4n) is 2.03. The van der Waals surface area contributed by atoms with Gasteiger partial charge in [0.25, 0.3) is 0 Å². The molecule has 21 heavy (non-hydrogen) atoms. The lowest BCUT2D eigenvalue weighted by atomic mass is 9.81. The number of aromatic nitrogens is 2. The van der Waals surface area contributed by atoms with Crippen molar-refractivity contribution in [3.8, 4) is 0 Å². The average molecular weight is 315 g/mol. The summed E-state index contributed by atoms with van der Waals surface area (Å²) < 4.78 is 38.1. The lowest BCUT2D eigenvalue weighted by molar-refractivity contribution is 0.00578. The molecule has 0 bridgehead atoms. The van der Waals surface area contributed by atoms with E-state index in [0.717, 1.165) is 10.6 Å². The van der Waals surface area contributed by atoms with Crippen LogP contribution in [-0.4, -0.2) is 49.8 Å². The zero-order valence-corrected chi connectivity index (χ0v) is 14.4. The highest BCUT2D eigenvalue weighted by molar-refractivity contribution is 7.92. The smallest absolute Gasteiger partial charge is 0.399 e. The van der Waals surface area contributed by atoms with Gasteiger partial charge in [0.15, 0.2) is 5.82 Å². The minimum absolute atomic E-state index is 0.318. The molecule has 1 aliphatic heterocycles. The van der Waals surface area contributed by atoms with E-state index in [1.165, 1.54) is 7.05 Å². The fourth-order valence-corrected chi connectivity index (χ4v) is 2.49. The van der Waals surface area contributed by atoms with E-state index in [4.69, 9.17) is 9.31 Å². The van der Waals surface area contributed by atoms with Gasteiger partial charge in [-0.1, -0.05) is 0 Å². The molecule has 0 N–H and O–H groups in total. The van der Waals surface area contributed by atoms with Crippen LogP contribution in [0.5, 0.6) is 0 Å². The molecule has 1 aromatic heterocycles. The quantitative estimate of drug-likeness (QED) is 0.741. The van der Waals surface area contributed by atoms with Crippen LogP contribution in [0.25, 0.3) is 0 Å². The van der Waals surface area contributed by atoms with Crippen LogP contribution in [0.4, 0.5) is 5.82 Å². The SMILES string of the molecule is CN(c1nn(C)cc1B1OC(C)(C)C(C)(C)O1)S(C)(=O)=O. The number of hydrogen-bond donors (Lipinski definition) is 0. The number of aryl methyl sites for hydroxylation is 1. The third-order valence-corrected chi connectivity index (χ3v) is 5.31. The summed E-state index contributed by atoms with van der Waals surface area (Å²) in [6, 6.07) is 0. The zero-order chi connectivity index (χ0) is 16.2. The highest BCUT2D eigenvalue weighted by Crippen LogP contribution is 2.37. The minimum atomic E-state index is -3.41. The van der Waals surface area contributed by atoms with E-state index in [1.54, 1.807) is 17.9 Å². The predicted octanol–water partition coefficient (Wildman–Crippen LogP) is 0.115. The maximum Gasteiger partial charge on any atom is 0.500 e. The Hall–Kier alpha value is -1.06. The molecule has 1 saturated heterocycles. The molecule has 0 aromatic carbocycles. The van der Waals surface area contributed by atoms with Crippen molar-refractivity contribution >= 4 is 28.4 Å². The summed E-state index contributed by atoms with van der Waals surface area (Å²) in [5, 5.41) is 4.22. The van der Waals surface area contributed by atoms with Crippen molar-refractivity contribution in [1.29, 1.82) is 0 Å². The van der Waals surface area contributed by atoms with Gasteiger partial charge < -0.3 is 9.31 Å². The first-order chi connectivity index (χ1) is 9.35.